The maximum Gasteiger partial charge on any atom is 0.406 e. The highest BCUT2D eigenvalue weighted by Crippen LogP contribution is 2.37. The third-order valence-corrected chi connectivity index (χ3v) is 7.12. The molecule has 0 N–H and O–H groups in total. The Morgan fingerprint density at radius 2 is 1.58 bits per heavy atom. The second kappa shape index (κ2) is 12.4. The molecule has 5 aromatic rings. The number of fused-ring (bicyclic) bond motifs is 1. The third-order valence-electron chi connectivity index (χ3n) is 7.12. The highest BCUT2D eigenvalue weighted by molar-refractivity contribution is 5.98. The Bertz CT molecular complexity index is 1970. The lowest BCUT2D eigenvalue weighted by molar-refractivity contribution is -0.141. The van der Waals surface area contributed by atoms with E-state index in [0.29, 0.717) is 22.4 Å². The van der Waals surface area contributed by atoms with Gasteiger partial charge in [-0.05, 0) is 54.4 Å². The minimum atomic E-state index is -4.66. The molecule has 12 heteroatoms. The molecule has 5 rings (SSSR count). The van der Waals surface area contributed by atoms with Crippen LogP contribution in [0.5, 0.6) is 23.0 Å². The smallest absolute Gasteiger partial charge is 0.406 e. The number of aromatic nitrogens is 2. The maximum atomic E-state index is 15.2. The van der Waals surface area contributed by atoms with Gasteiger partial charge < -0.3 is 18.8 Å². The van der Waals surface area contributed by atoms with Crippen molar-refractivity contribution in [3.8, 4) is 34.1 Å². The molecule has 0 radical (unpaired) electrons. The number of methoxy groups -OCH3 is 2. The summed E-state index contributed by atoms with van der Waals surface area (Å²) in [6, 6.07) is 13.2. The molecule has 2 aromatic heterocycles. The largest absolute Gasteiger partial charge is 0.493 e. The van der Waals surface area contributed by atoms with E-state index in [-0.39, 0.29) is 33.9 Å². The number of alkyl halides is 3. The topological polar surface area (TPSA) is 79.7 Å². The number of nitrogens with zero attached hydrogens (tertiary/aromatic N) is 2. The van der Waals surface area contributed by atoms with Crippen LogP contribution in [0.1, 0.15) is 21.6 Å². The number of ether oxygens (including phenoxy) is 3. The lowest BCUT2D eigenvalue weighted by atomic mass is 9.97. The highest BCUT2D eigenvalue weighted by atomic mass is 19.4. The summed E-state index contributed by atoms with van der Waals surface area (Å²) >= 11 is 0. The second-order valence-corrected chi connectivity index (χ2v) is 10.1. The highest BCUT2D eigenvalue weighted by Gasteiger charge is 2.30. The van der Waals surface area contributed by atoms with E-state index in [9.17, 15) is 27.2 Å². The standard InChI is InChI=1S/C33H25F5N2O5/c1-18-31(20-5-7-21(34)8-6-20)32(42)23(16-40(18)17-33(36,37)38)26(41)13-19-4-9-28(24(35)12-19)45-27-10-11-39-25-15-30(44-3)29(43-2)14-22(25)27/h4-12,14-16H,13,17H2,1-3H3. The van der Waals surface area contributed by atoms with E-state index in [1.807, 2.05) is 0 Å². The van der Waals surface area contributed by atoms with Crippen LogP contribution in [0.2, 0.25) is 0 Å². The van der Waals surface area contributed by atoms with E-state index in [4.69, 9.17) is 14.2 Å². The number of pyridine rings is 2. The number of halogens is 5. The monoisotopic (exact) mass is 624 g/mol. The van der Waals surface area contributed by atoms with Crippen LogP contribution in [-0.2, 0) is 13.0 Å². The van der Waals surface area contributed by atoms with Gasteiger partial charge in [0.05, 0.1) is 25.3 Å². The van der Waals surface area contributed by atoms with Crippen LogP contribution in [0.25, 0.3) is 22.0 Å². The molecule has 0 amide bonds. The minimum Gasteiger partial charge on any atom is -0.493 e. The zero-order valence-corrected chi connectivity index (χ0v) is 24.2. The molecule has 7 nitrogen and oxygen atoms in total. The minimum absolute atomic E-state index is 0.0484. The molecule has 45 heavy (non-hydrogen) atoms. The average molecular weight is 625 g/mol. The average Bonchev–Trinajstić information content (AvgIpc) is 2.99. The lowest BCUT2D eigenvalue weighted by Gasteiger charge is -2.18. The Kier molecular flexibility index (Phi) is 8.58. The number of hydrogen-bond acceptors (Lipinski definition) is 6. The first-order valence-electron chi connectivity index (χ1n) is 13.5. The van der Waals surface area contributed by atoms with Crippen LogP contribution < -0.4 is 19.6 Å². The van der Waals surface area contributed by atoms with Gasteiger partial charge in [0.2, 0.25) is 0 Å². The van der Waals surface area contributed by atoms with E-state index in [2.05, 4.69) is 4.98 Å². The van der Waals surface area contributed by atoms with Gasteiger partial charge in [0.25, 0.3) is 0 Å². The van der Waals surface area contributed by atoms with Gasteiger partial charge in [0, 0.05) is 41.5 Å². The summed E-state index contributed by atoms with van der Waals surface area (Å²) in [4.78, 5) is 31.0. The van der Waals surface area contributed by atoms with Crippen LogP contribution in [0.3, 0.4) is 0 Å². The van der Waals surface area contributed by atoms with Crippen molar-refractivity contribution >= 4 is 16.7 Å². The van der Waals surface area contributed by atoms with Crippen molar-refractivity contribution in [1.82, 2.24) is 9.55 Å². The molecular formula is C33H25F5N2O5. The van der Waals surface area contributed by atoms with Gasteiger partial charge in [0.1, 0.15) is 18.1 Å². The maximum absolute atomic E-state index is 15.2. The van der Waals surface area contributed by atoms with Crippen LogP contribution in [0, 0.1) is 18.6 Å². The first-order valence-corrected chi connectivity index (χ1v) is 13.5. The van der Waals surface area contributed by atoms with Crippen LogP contribution >= 0.6 is 0 Å². The summed E-state index contributed by atoms with van der Waals surface area (Å²) in [6.45, 7) is -0.149. The molecular weight excluding hydrogens is 599 g/mol. The normalized spacial score (nSPS) is 11.5. The quantitative estimate of drug-likeness (QED) is 0.125. The summed E-state index contributed by atoms with van der Waals surface area (Å²) < 4.78 is 86.1. The number of hydrogen-bond donors (Lipinski definition) is 0. The number of benzene rings is 3. The van der Waals surface area contributed by atoms with Gasteiger partial charge >= 0.3 is 6.18 Å². The molecule has 3 aromatic carbocycles. The predicted octanol–water partition coefficient (Wildman–Crippen LogP) is 7.45. The van der Waals surface area contributed by atoms with Crippen molar-refractivity contribution in [2.75, 3.05) is 14.2 Å². The Morgan fingerprint density at radius 3 is 2.22 bits per heavy atom. The molecule has 0 saturated heterocycles. The first kappa shape index (κ1) is 31.2. The number of ketones is 1. The van der Waals surface area contributed by atoms with E-state index in [1.165, 1.54) is 57.7 Å². The van der Waals surface area contributed by atoms with Gasteiger partial charge in [-0.15, -0.1) is 0 Å². The molecule has 0 aliphatic rings. The summed E-state index contributed by atoms with van der Waals surface area (Å²) in [5.41, 5.74) is -0.746. The number of rotatable bonds is 9. The van der Waals surface area contributed by atoms with Gasteiger partial charge in [0.15, 0.2) is 34.3 Å². The van der Waals surface area contributed by atoms with Crippen molar-refractivity contribution in [2.45, 2.75) is 26.1 Å². The lowest BCUT2D eigenvalue weighted by Crippen LogP contribution is -2.27. The van der Waals surface area contributed by atoms with E-state index in [1.54, 1.807) is 12.1 Å². The molecule has 0 saturated carbocycles. The predicted molar refractivity (Wildman–Crippen MR) is 156 cm³/mol. The van der Waals surface area contributed by atoms with Crippen molar-refractivity contribution in [3.05, 3.63) is 112 Å². The summed E-state index contributed by atoms with van der Waals surface area (Å²) in [7, 11) is 2.94. The van der Waals surface area contributed by atoms with Gasteiger partial charge in [-0.3, -0.25) is 14.6 Å². The Morgan fingerprint density at radius 1 is 0.889 bits per heavy atom. The summed E-state index contributed by atoms with van der Waals surface area (Å²) in [5, 5.41) is 0.514. The molecule has 0 spiro atoms. The molecule has 0 unspecified atom stereocenters. The van der Waals surface area contributed by atoms with Crippen LogP contribution in [0.4, 0.5) is 22.0 Å². The van der Waals surface area contributed by atoms with Crippen molar-refractivity contribution < 1.29 is 41.0 Å². The van der Waals surface area contributed by atoms with Gasteiger partial charge in [-0.25, -0.2) is 8.78 Å². The second-order valence-electron chi connectivity index (χ2n) is 10.1. The molecule has 0 fully saturated rings. The number of carbonyl (C=O) groups excluding carboxylic acids is 1. The summed E-state index contributed by atoms with van der Waals surface area (Å²) in [6.07, 6.45) is -2.82. The zero-order valence-electron chi connectivity index (χ0n) is 24.2. The molecule has 0 aliphatic carbocycles. The SMILES string of the molecule is COc1cc2nccc(Oc3ccc(CC(=O)c4cn(CC(F)(F)F)c(C)c(-c5ccc(F)cc5)c4=O)cc3F)c2cc1OC. The zero-order chi connectivity index (χ0) is 32.5. The van der Waals surface area contributed by atoms with Crippen molar-refractivity contribution in [3.63, 3.8) is 0 Å². The van der Waals surface area contributed by atoms with Crippen molar-refractivity contribution in [1.29, 1.82) is 0 Å². The number of Topliss-reactive ketones (excluding diaryl/α,β-unsaturated/α-hetero) is 1. The molecule has 0 bridgehead atoms. The van der Waals surface area contributed by atoms with E-state index >= 15 is 4.39 Å². The Hall–Kier alpha value is -5.26. The van der Waals surface area contributed by atoms with E-state index in [0.717, 1.165) is 29.0 Å². The van der Waals surface area contributed by atoms with Crippen LogP contribution in [0.15, 0.2) is 77.9 Å². The summed E-state index contributed by atoms with van der Waals surface area (Å²) in [5.74, 6) is -1.31. The molecule has 232 valence electrons. The first-order chi connectivity index (χ1) is 21.4. The fraction of sp³-hybridized carbons (Fsp3) is 0.182. The van der Waals surface area contributed by atoms with Gasteiger partial charge in [-0.2, -0.15) is 13.2 Å². The number of carbonyl (C=O) groups is 1. The third kappa shape index (κ3) is 6.64. The molecule has 0 aliphatic heterocycles. The van der Waals surface area contributed by atoms with Crippen LogP contribution in [-0.4, -0.2) is 35.7 Å². The van der Waals surface area contributed by atoms with E-state index < -0.39 is 47.6 Å². The van der Waals surface area contributed by atoms with Crippen molar-refractivity contribution in [2.24, 2.45) is 0 Å². The molecule has 0 atom stereocenters. The molecule has 2 heterocycles. The fourth-order valence-corrected chi connectivity index (χ4v) is 4.94. The Labute approximate surface area is 253 Å². The Balaban J connectivity index is 1.46. The van der Waals surface area contributed by atoms with Gasteiger partial charge in [-0.1, -0.05) is 18.2 Å². The fourth-order valence-electron chi connectivity index (χ4n) is 4.94.